The maximum atomic E-state index is 9.75. The van der Waals surface area contributed by atoms with Gasteiger partial charge >= 0.3 is 0 Å². The van der Waals surface area contributed by atoms with Crippen LogP contribution in [0.25, 0.3) is 0 Å². The van der Waals surface area contributed by atoms with Gasteiger partial charge < -0.3 is 5.11 Å². The van der Waals surface area contributed by atoms with Gasteiger partial charge in [0.15, 0.2) is 0 Å². The molecular weight excluding hydrogens is 258 g/mol. The third-order valence-corrected chi connectivity index (χ3v) is 4.42. The second-order valence-corrected chi connectivity index (χ2v) is 5.77. The first kappa shape index (κ1) is 13.9. The summed E-state index contributed by atoms with van der Waals surface area (Å²) in [6.07, 6.45) is 2.91. The third-order valence-electron chi connectivity index (χ3n) is 4.42. The summed E-state index contributed by atoms with van der Waals surface area (Å²) in [7, 11) is 2.15. The van der Waals surface area contributed by atoms with Crippen molar-refractivity contribution in [2.75, 3.05) is 13.6 Å². The monoisotopic (exact) mass is 279 g/mol. The molecule has 2 heteroatoms. The van der Waals surface area contributed by atoms with Crippen molar-refractivity contribution in [1.29, 1.82) is 0 Å². The van der Waals surface area contributed by atoms with E-state index in [0.717, 1.165) is 13.0 Å². The van der Waals surface area contributed by atoms with Gasteiger partial charge in [-0.25, -0.2) is 0 Å². The highest BCUT2D eigenvalue weighted by atomic mass is 16.3. The Bertz CT molecular complexity index is 635. The van der Waals surface area contributed by atoms with Crippen molar-refractivity contribution in [2.45, 2.75) is 18.4 Å². The molecule has 0 unspecified atom stereocenters. The molecule has 1 N–H and O–H groups in total. The van der Waals surface area contributed by atoms with Crippen molar-refractivity contribution >= 4 is 0 Å². The van der Waals surface area contributed by atoms with Crippen molar-refractivity contribution in [3.05, 3.63) is 77.9 Å². The fourth-order valence-corrected chi connectivity index (χ4v) is 3.43. The van der Waals surface area contributed by atoms with Gasteiger partial charge in [-0.15, -0.1) is 6.58 Å². The van der Waals surface area contributed by atoms with Crippen LogP contribution in [0.1, 0.15) is 22.6 Å². The van der Waals surface area contributed by atoms with Gasteiger partial charge in [0.1, 0.15) is 5.75 Å². The number of nitrogens with zero attached hydrogens (tertiary/aromatic N) is 1. The number of phenolic OH excluding ortho intramolecular Hbond substituents is 1. The molecule has 0 radical (unpaired) electrons. The van der Waals surface area contributed by atoms with Gasteiger partial charge in [0.05, 0.1) is 0 Å². The number of hydrogen-bond acceptors (Lipinski definition) is 2. The van der Waals surface area contributed by atoms with Crippen LogP contribution < -0.4 is 0 Å². The summed E-state index contributed by atoms with van der Waals surface area (Å²) in [5, 5.41) is 9.75. The Hall–Kier alpha value is -2.06. The summed E-state index contributed by atoms with van der Waals surface area (Å²) in [5.74, 6) is 0.708. The second kappa shape index (κ2) is 5.74. The van der Waals surface area contributed by atoms with E-state index in [0.29, 0.717) is 17.7 Å². The second-order valence-electron chi connectivity index (χ2n) is 5.77. The van der Waals surface area contributed by atoms with Gasteiger partial charge in [-0.3, -0.25) is 4.90 Å². The van der Waals surface area contributed by atoms with E-state index in [1.54, 1.807) is 6.07 Å². The van der Waals surface area contributed by atoms with E-state index in [1.807, 2.05) is 12.1 Å². The van der Waals surface area contributed by atoms with Crippen LogP contribution in [0.5, 0.6) is 5.75 Å². The zero-order valence-corrected chi connectivity index (χ0v) is 12.4. The van der Waals surface area contributed by atoms with E-state index in [1.165, 1.54) is 16.7 Å². The van der Waals surface area contributed by atoms with Crippen molar-refractivity contribution in [1.82, 2.24) is 4.90 Å². The van der Waals surface area contributed by atoms with E-state index in [2.05, 4.69) is 54.9 Å². The van der Waals surface area contributed by atoms with Gasteiger partial charge in [0, 0.05) is 18.5 Å². The fourth-order valence-electron chi connectivity index (χ4n) is 3.43. The molecule has 0 aromatic heterocycles. The van der Waals surface area contributed by atoms with Gasteiger partial charge in [-0.1, -0.05) is 42.5 Å². The Morgan fingerprint density at radius 2 is 2.00 bits per heavy atom. The molecular formula is C19H21NO. The Morgan fingerprint density at radius 1 is 1.24 bits per heavy atom. The molecule has 0 aliphatic heterocycles. The molecule has 2 atom stereocenters. The van der Waals surface area contributed by atoms with Gasteiger partial charge in [-0.05, 0) is 42.3 Å². The van der Waals surface area contributed by atoms with Crippen molar-refractivity contribution in [3.8, 4) is 5.75 Å². The lowest BCUT2D eigenvalue weighted by atomic mass is 9.89. The molecule has 1 aliphatic carbocycles. The van der Waals surface area contributed by atoms with E-state index in [4.69, 9.17) is 0 Å². The first-order valence-corrected chi connectivity index (χ1v) is 7.38. The summed E-state index contributed by atoms with van der Waals surface area (Å²) in [4.78, 5) is 2.35. The Balaban J connectivity index is 2.04. The molecule has 21 heavy (non-hydrogen) atoms. The van der Waals surface area contributed by atoms with Crippen LogP contribution in [0.4, 0.5) is 0 Å². The van der Waals surface area contributed by atoms with Crippen molar-refractivity contribution in [3.63, 3.8) is 0 Å². The highest BCUT2D eigenvalue weighted by molar-refractivity contribution is 5.47. The molecule has 0 fully saturated rings. The molecule has 0 saturated carbocycles. The van der Waals surface area contributed by atoms with Crippen LogP contribution in [-0.4, -0.2) is 29.6 Å². The number of fused-ring (bicyclic) bond motifs is 1. The lowest BCUT2D eigenvalue weighted by Crippen LogP contribution is -2.35. The first-order chi connectivity index (χ1) is 10.2. The van der Waals surface area contributed by atoms with Crippen LogP contribution >= 0.6 is 0 Å². The van der Waals surface area contributed by atoms with Crippen LogP contribution in [-0.2, 0) is 6.42 Å². The number of phenols is 1. The maximum absolute atomic E-state index is 9.75. The van der Waals surface area contributed by atoms with Crippen molar-refractivity contribution in [2.24, 2.45) is 0 Å². The van der Waals surface area contributed by atoms with E-state index < -0.39 is 0 Å². The molecule has 0 heterocycles. The normalized spacial score (nSPS) is 20.5. The molecule has 2 aromatic carbocycles. The summed E-state index contributed by atoms with van der Waals surface area (Å²) in [6, 6.07) is 16.8. The lowest BCUT2D eigenvalue weighted by Gasteiger charge is -2.29. The summed E-state index contributed by atoms with van der Waals surface area (Å²) < 4.78 is 0. The van der Waals surface area contributed by atoms with Crippen LogP contribution in [0, 0.1) is 0 Å². The standard InChI is InChI=1S/C19H21NO/c1-3-11-20(2)18-13-15-12-16(21)9-10-17(15)19(18)14-7-5-4-6-8-14/h3-10,12,18-19,21H,1,11,13H2,2H3/t18-,19-/m0/s1. The Morgan fingerprint density at radius 3 is 2.71 bits per heavy atom. The number of likely N-dealkylation sites (N-methyl/N-ethyl adjacent to an activating group) is 1. The first-order valence-electron chi connectivity index (χ1n) is 7.38. The molecule has 2 aromatic rings. The molecule has 108 valence electrons. The predicted molar refractivity (Wildman–Crippen MR) is 86.7 cm³/mol. The topological polar surface area (TPSA) is 23.5 Å². The minimum absolute atomic E-state index is 0.353. The number of benzene rings is 2. The number of aromatic hydroxyl groups is 1. The fraction of sp³-hybridized carbons (Fsp3) is 0.263. The minimum atomic E-state index is 0.353. The zero-order valence-electron chi connectivity index (χ0n) is 12.4. The smallest absolute Gasteiger partial charge is 0.115 e. The maximum Gasteiger partial charge on any atom is 0.115 e. The van der Waals surface area contributed by atoms with Gasteiger partial charge in [-0.2, -0.15) is 0 Å². The summed E-state index contributed by atoms with van der Waals surface area (Å²) >= 11 is 0. The largest absolute Gasteiger partial charge is 0.508 e. The number of hydrogen-bond donors (Lipinski definition) is 1. The Kier molecular flexibility index (Phi) is 3.80. The zero-order chi connectivity index (χ0) is 14.8. The van der Waals surface area contributed by atoms with Crippen LogP contribution in [0.15, 0.2) is 61.2 Å². The van der Waals surface area contributed by atoms with Gasteiger partial charge in [0.2, 0.25) is 0 Å². The molecule has 0 spiro atoms. The molecule has 0 bridgehead atoms. The molecule has 3 rings (SSSR count). The average Bonchev–Trinajstić information content (AvgIpc) is 2.87. The Labute approximate surface area is 126 Å². The third kappa shape index (κ3) is 2.59. The predicted octanol–water partition coefficient (Wildman–Crippen LogP) is 3.57. The van der Waals surface area contributed by atoms with E-state index in [-0.39, 0.29) is 0 Å². The SMILES string of the molecule is C=CCN(C)[C@H]1Cc2cc(O)ccc2[C@@H]1c1ccccc1. The van der Waals surface area contributed by atoms with Crippen molar-refractivity contribution < 1.29 is 5.11 Å². The quantitative estimate of drug-likeness (QED) is 0.865. The lowest BCUT2D eigenvalue weighted by molar-refractivity contribution is 0.256. The molecule has 0 saturated heterocycles. The highest BCUT2D eigenvalue weighted by Crippen LogP contribution is 2.41. The van der Waals surface area contributed by atoms with E-state index in [9.17, 15) is 5.11 Å². The van der Waals surface area contributed by atoms with Crippen LogP contribution in [0.3, 0.4) is 0 Å². The molecule has 2 nitrogen and oxygen atoms in total. The molecule has 1 aliphatic rings. The summed E-state index contributed by atoms with van der Waals surface area (Å²) in [6.45, 7) is 4.72. The number of rotatable bonds is 4. The summed E-state index contributed by atoms with van der Waals surface area (Å²) in [5.41, 5.74) is 3.92. The average molecular weight is 279 g/mol. The van der Waals surface area contributed by atoms with Gasteiger partial charge in [0.25, 0.3) is 0 Å². The minimum Gasteiger partial charge on any atom is -0.508 e. The molecule has 0 amide bonds. The van der Waals surface area contributed by atoms with Crippen LogP contribution in [0.2, 0.25) is 0 Å². The van der Waals surface area contributed by atoms with E-state index >= 15 is 0 Å². The highest BCUT2D eigenvalue weighted by Gasteiger charge is 2.35.